The van der Waals surface area contributed by atoms with Crippen molar-refractivity contribution in [3.8, 4) is 11.5 Å². The lowest BCUT2D eigenvalue weighted by Crippen LogP contribution is -2.45. The Morgan fingerprint density at radius 2 is 1.97 bits per heavy atom. The molecule has 1 unspecified atom stereocenters. The van der Waals surface area contributed by atoms with E-state index in [0.29, 0.717) is 26.2 Å². The van der Waals surface area contributed by atoms with Gasteiger partial charge in [-0.1, -0.05) is 29.8 Å². The Hall–Kier alpha value is -2.50. The van der Waals surface area contributed by atoms with E-state index in [1.165, 1.54) is 16.9 Å². The van der Waals surface area contributed by atoms with Gasteiger partial charge in [-0.15, -0.1) is 11.3 Å². The number of para-hydroxylation sites is 1. The summed E-state index contributed by atoms with van der Waals surface area (Å²) in [5, 5.41) is 0. The normalized spacial score (nSPS) is 21.6. The average molecular weight is 424 g/mol. The molecule has 4 heterocycles. The van der Waals surface area contributed by atoms with Crippen molar-refractivity contribution >= 4 is 34.5 Å². The highest BCUT2D eigenvalue weighted by atomic mass is 35.5. The smallest absolute Gasteiger partial charge is 0.228 e. The summed E-state index contributed by atoms with van der Waals surface area (Å²) in [6.07, 6.45) is 1.30. The summed E-state index contributed by atoms with van der Waals surface area (Å²) in [5.41, 5.74) is 3.99. The van der Waals surface area contributed by atoms with Crippen LogP contribution in [-0.2, 0) is 23.2 Å². The van der Waals surface area contributed by atoms with Crippen LogP contribution in [0.1, 0.15) is 28.0 Å². The number of halogens is 1. The number of anilines is 1. The number of benzene rings is 2. The summed E-state index contributed by atoms with van der Waals surface area (Å²) in [5.74, 6) is 1.86. The maximum Gasteiger partial charge on any atom is 0.228 e. The maximum atomic E-state index is 13.4. The molecule has 3 aliphatic rings. The van der Waals surface area contributed by atoms with E-state index in [2.05, 4.69) is 12.1 Å². The zero-order valence-electron chi connectivity index (χ0n) is 15.6. The second-order valence-corrected chi connectivity index (χ2v) is 9.60. The Kier molecular flexibility index (Phi) is 3.74. The van der Waals surface area contributed by atoms with Crippen LogP contribution in [0.4, 0.5) is 5.69 Å². The lowest BCUT2D eigenvalue weighted by Gasteiger charge is -2.40. The molecule has 0 saturated carbocycles. The van der Waals surface area contributed by atoms with E-state index in [9.17, 15) is 4.79 Å². The lowest BCUT2D eigenvalue weighted by atomic mass is 9.70. The van der Waals surface area contributed by atoms with E-state index in [1.807, 2.05) is 41.3 Å². The Morgan fingerprint density at radius 3 is 2.83 bits per heavy atom. The number of thiophene rings is 1. The number of carbonyl (C=O) groups excluding carboxylic acids is 1. The van der Waals surface area contributed by atoms with Gasteiger partial charge >= 0.3 is 0 Å². The number of hydrogen-bond acceptors (Lipinski definition) is 4. The van der Waals surface area contributed by atoms with Crippen molar-refractivity contribution in [2.45, 2.75) is 24.8 Å². The molecule has 4 nitrogen and oxygen atoms in total. The van der Waals surface area contributed by atoms with Crippen LogP contribution in [0.3, 0.4) is 0 Å². The summed E-state index contributed by atoms with van der Waals surface area (Å²) in [7, 11) is 0. The van der Waals surface area contributed by atoms with Crippen LogP contribution in [0.25, 0.3) is 0 Å². The van der Waals surface area contributed by atoms with Crippen LogP contribution in [0.15, 0.2) is 48.5 Å². The third-order valence-corrected chi connectivity index (χ3v) is 7.40. The average Bonchev–Trinajstić information content (AvgIpc) is 3.43. The summed E-state index contributed by atoms with van der Waals surface area (Å²) in [6, 6.07) is 16.3. The van der Waals surface area contributed by atoms with E-state index >= 15 is 0 Å². The number of ether oxygens (including phenoxy) is 2. The van der Waals surface area contributed by atoms with Gasteiger partial charge in [0.1, 0.15) is 18.1 Å². The second kappa shape index (κ2) is 6.25. The van der Waals surface area contributed by atoms with Crippen molar-refractivity contribution < 1.29 is 14.3 Å². The van der Waals surface area contributed by atoms with Crippen LogP contribution in [0.5, 0.6) is 11.5 Å². The van der Waals surface area contributed by atoms with Crippen LogP contribution in [0.2, 0.25) is 4.34 Å². The van der Waals surface area contributed by atoms with Gasteiger partial charge in [-0.25, -0.2) is 0 Å². The van der Waals surface area contributed by atoms with E-state index in [4.69, 9.17) is 21.1 Å². The van der Waals surface area contributed by atoms with E-state index in [-0.39, 0.29) is 5.91 Å². The largest absolute Gasteiger partial charge is 0.493 e. The molecular weight excluding hydrogens is 406 g/mol. The fraction of sp³-hybridized carbons (Fsp3) is 0.261. The highest BCUT2D eigenvalue weighted by Gasteiger charge is 2.50. The standard InChI is InChI=1S/C23H18ClNO3S/c24-21-6-5-15(29-21)12-25-18-4-2-1-3-16(18)23(11-22(25)26)13-28-20-10-19-14(7-8-27-19)9-17(20)23/h1-6,9-10H,7-8,11-13H2. The molecule has 0 bridgehead atoms. The van der Waals surface area contributed by atoms with Gasteiger partial charge in [-0.2, -0.15) is 0 Å². The monoisotopic (exact) mass is 423 g/mol. The van der Waals surface area contributed by atoms with E-state index in [0.717, 1.165) is 43.9 Å². The van der Waals surface area contributed by atoms with Crippen molar-refractivity contribution in [2.75, 3.05) is 18.1 Å². The zero-order chi connectivity index (χ0) is 19.6. The maximum absolute atomic E-state index is 13.4. The van der Waals surface area contributed by atoms with Crippen molar-refractivity contribution in [1.29, 1.82) is 0 Å². The first-order chi connectivity index (χ1) is 14.1. The van der Waals surface area contributed by atoms with Gasteiger partial charge in [0.05, 0.1) is 22.9 Å². The minimum absolute atomic E-state index is 0.112. The molecule has 1 atom stereocenters. The molecule has 0 fully saturated rings. The number of carbonyl (C=O) groups is 1. The first kappa shape index (κ1) is 17.4. The fourth-order valence-corrected chi connectivity index (χ4v) is 5.89. The Morgan fingerprint density at radius 1 is 1.07 bits per heavy atom. The zero-order valence-corrected chi connectivity index (χ0v) is 17.2. The van der Waals surface area contributed by atoms with Crippen molar-refractivity contribution in [2.24, 2.45) is 0 Å². The lowest BCUT2D eigenvalue weighted by molar-refractivity contribution is -0.120. The van der Waals surface area contributed by atoms with Gasteiger partial charge in [0.25, 0.3) is 0 Å². The van der Waals surface area contributed by atoms with E-state index in [1.54, 1.807) is 0 Å². The Balaban J connectivity index is 1.48. The molecule has 146 valence electrons. The minimum Gasteiger partial charge on any atom is -0.493 e. The van der Waals surface area contributed by atoms with Gasteiger partial charge in [0, 0.05) is 35.0 Å². The molecule has 29 heavy (non-hydrogen) atoms. The van der Waals surface area contributed by atoms with E-state index < -0.39 is 5.41 Å². The van der Waals surface area contributed by atoms with Crippen LogP contribution in [-0.4, -0.2) is 19.1 Å². The molecule has 6 rings (SSSR count). The van der Waals surface area contributed by atoms with Crippen molar-refractivity contribution in [3.05, 3.63) is 74.4 Å². The van der Waals surface area contributed by atoms with Crippen molar-refractivity contribution in [3.63, 3.8) is 0 Å². The molecular formula is C23H18ClNO3S. The molecule has 0 radical (unpaired) electrons. The second-order valence-electron chi connectivity index (χ2n) is 7.80. The molecule has 1 spiro atoms. The quantitative estimate of drug-likeness (QED) is 0.585. The minimum atomic E-state index is -0.440. The first-order valence-corrected chi connectivity index (χ1v) is 10.9. The molecule has 2 aromatic carbocycles. The highest BCUT2D eigenvalue weighted by molar-refractivity contribution is 7.16. The Labute approximate surface area is 177 Å². The molecule has 0 N–H and O–H groups in total. The predicted molar refractivity (Wildman–Crippen MR) is 113 cm³/mol. The molecule has 1 amide bonds. The summed E-state index contributed by atoms with van der Waals surface area (Å²) < 4.78 is 12.6. The number of nitrogens with zero attached hydrogens (tertiary/aromatic N) is 1. The van der Waals surface area contributed by atoms with Crippen molar-refractivity contribution in [1.82, 2.24) is 0 Å². The molecule has 1 aromatic heterocycles. The van der Waals surface area contributed by atoms with Crippen LogP contribution in [0, 0.1) is 0 Å². The predicted octanol–water partition coefficient (Wildman–Crippen LogP) is 4.95. The third-order valence-electron chi connectivity index (χ3n) is 6.19. The summed E-state index contributed by atoms with van der Waals surface area (Å²) in [4.78, 5) is 16.4. The topological polar surface area (TPSA) is 38.8 Å². The Bertz CT molecular complexity index is 1160. The molecule has 3 aliphatic heterocycles. The SMILES string of the molecule is O=C1CC2(COc3cc4c(cc32)CCO4)c2ccccc2N1Cc1ccc(Cl)s1. The highest BCUT2D eigenvalue weighted by Crippen LogP contribution is 2.53. The molecule has 0 saturated heterocycles. The van der Waals surface area contributed by atoms with Gasteiger partial charge < -0.3 is 14.4 Å². The molecule has 6 heteroatoms. The van der Waals surface area contributed by atoms with Gasteiger partial charge in [0.15, 0.2) is 0 Å². The third kappa shape index (κ3) is 2.54. The first-order valence-electron chi connectivity index (χ1n) is 9.71. The van der Waals surface area contributed by atoms with Crippen LogP contribution >= 0.6 is 22.9 Å². The number of rotatable bonds is 2. The summed E-state index contributed by atoms with van der Waals surface area (Å²) >= 11 is 7.62. The number of fused-ring (bicyclic) bond motifs is 5. The van der Waals surface area contributed by atoms with Gasteiger partial charge in [-0.3, -0.25) is 4.79 Å². The molecule has 3 aromatic rings. The van der Waals surface area contributed by atoms with Gasteiger partial charge in [-0.05, 0) is 35.4 Å². The summed E-state index contributed by atoms with van der Waals surface area (Å²) in [6.45, 7) is 1.72. The van der Waals surface area contributed by atoms with Crippen LogP contribution < -0.4 is 14.4 Å². The number of amides is 1. The van der Waals surface area contributed by atoms with Gasteiger partial charge in [0.2, 0.25) is 5.91 Å². The fourth-order valence-electron chi connectivity index (χ4n) is 4.81. The number of hydrogen-bond donors (Lipinski definition) is 0. The molecule has 0 aliphatic carbocycles.